The van der Waals surface area contributed by atoms with Gasteiger partial charge in [0.1, 0.15) is 11.5 Å². The number of unbranched alkanes of at least 4 members (excludes halogenated alkanes) is 1. The van der Waals surface area contributed by atoms with Crippen LogP contribution >= 0.6 is 11.8 Å². The molecule has 0 bridgehead atoms. The van der Waals surface area contributed by atoms with Gasteiger partial charge in [-0.1, -0.05) is 24.3 Å². The monoisotopic (exact) mass is 344 g/mol. The van der Waals surface area contributed by atoms with E-state index in [0.29, 0.717) is 0 Å². The zero-order chi connectivity index (χ0) is 17.0. The topological polar surface area (TPSA) is 18.5 Å². The zero-order valence-electron chi connectivity index (χ0n) is 14.8. The Labute approximate surface area is 150 Å². The third-order valence-corrected chi connectivity index (χ3v) is 5.23. The molecule has 0 amide bonds. The molecule has 0 aliphatic carbocycles. The van der Waals surface area contributed by atoms with Crippen molar-refractivity contribution >= 4 is 11.8 Å². The molecule has 0 aliphatic rings. The molecule has 0 aromatic heterocycles. The molecule has 3 heteroatoms. The number of hydrogen-bond donors (Lipinski definition) is 0. The molecule has 0 spiro atoms. The zero-order valence-corrected chi connectivity index (χ0v) is 15.6. The Morgan fingerprint density at radius 1 is 0.625 bits per heavy atom. The maximum Gasteiger partial charge on any atom is 0.118 e. The Kier molecular flexibility index (Phi) is 8.61. The second kappa shape index (κ2) is 11.0. The molecule has 2 aromatic carbocycles. The Hall–Kier alpha value is -1.61. The molecule has 130 valence electrons. The van der Waals surface area contributed by atoms with Crippen LogP contribution in [0.3, 0.4) is 0 Å². The van der Waals surface area contributed by atoms with Crippen LogP contribution in [0.1, 0.15) is 30.4 Å². The summed E-state index contributed by atoms with van der Waals surface area (Å²) in [7, 11) is 3.42. The SMILES string of the molecule is COc1ccc(CCCCSCCCc2ccc(OC)cc2)cc1. The fourth-order valence-electron chi connectivity index (χ4n) is 2.60. The quantitative estimate of drug-likeness (QED) is 0.509. The highest BCUT2D eigenvalue weighted by atomic mass is 32.2. The van der Waals surface area contributed by atoms with Gasteiger partial charge < -0.3 is 9.47 Å². The van der Waals surface area contributed by atoms with Crippen LogP contribution in [0.4, 0.5) is 0 Å². The standard InChI is InChI=1S/C21H28O2S/c1-22-20-12-8-18(9-13-20)6-3-4-16-24-17-5-7-19-10-14-21(23-2)15-11-19/h8-15H,3-7,16-17H2,1-2H3. The minimum absolute atomic E-state index is 0.935. The Bertz CT molecular complexity index is 510. The lowest BCUT2D eigenvalue weighted by molar-refractivity contribution is 0.414. The average Bonchev–Trinajstić information content (AvgIpc) is 2.65. The van der Waals surface area contributed by atoms with Crippen LogP contribution in [0.15, 0.2) is 48.5 Å². The van der Waals surface area contributed by atoms with E-state index in [2.05, 4.69) is 36.0 Å². The molecule has 24 heavy (non-hydrogen) atoms. The molecule has 0 atom stereocenters. The molecule has 2 rings (SSSR count). The van der Waals surface area contributed by atoms with Crippen molar-refractivity contribution in [3.05, 3.63) is 59.7 Å². The van der Waals surface area contributed by atoms with Gasteiger partial charge in [-0.25, -0.2) is 0 Å². The van der Waals surface area contributed by atoms with Gasteiger partial charge in [0, 0.05) is 0 Å². The lowest BCUT2D eigenvalue weighted by Gasteiger charge is -2.05. The van der Waals surface area contributed by atoms with Gasteiger partial charge in [0.15, 0.2) is 0 Å². The van der Waals surface area contributed by atoms with Crippen molar-refractivity contribution in [3.63, 3.8) is 0 Å². The van der Waals surface area contributed by atoms with Gasteiger partial charge in [0.25, 0.3) is 0 Å². The van der Waals surface area contributed by atoms with E-state index in [-0.39, 0.29) is 0 Å². The summed E-state index contributed by atoms with van der Waals surface area (Å²) >= 11 is 2.08. The molecule has 0 unspecified atom stereocenters. The highest BCUT2D eigenvalue weighted by Gasteiger charge is 1.97. The second-order valence-corrected chi connectivity index (χ2v) is 7.09. The third kappa shape index (κ3) is 6.88. The molecular weight excluding hydrogens is 316 g/mol. The predicted octanol–water partition coefficient (Wildman–Crippen LogP) is 5.39. The molecule has 0 heterocycles. The third-order valence-electron chi connectivity index (χ3n) is 4.08. The minimum atomic E-state index is 0.935. The van der Waals surface area contributed by atoms with E-state index in [1.807, 2.05) is 24.3 Å². The fourth-order valence-corrected chi connectivity index (χ4v) is 3.56. The number of rotatable bonds is 11. The maximum atomic E-state index is 5.18. The Morgan fingerprint density at radius 2 is 1.08 bits per heavy atom. The molecule has 0 radical (unpaired) electrons. The molecule has 0 saturated heterocycles. The van der Waals surface area contributed by atoms with Crippen molar-refractivity contribution in [2.24, 2.45) is 0 Å². The first-order valence-electron chi connectivity index (χ1n) is 8.65. The number of thioether (sulfide) groups is 1. The summed E-state index contributed by atoms with van der Waals surface area (Å²) in [5.74, 6) is 4.38. The van der Waals surface area contributed by atoms with Crippen molar-refractivity contribution in [2.45, 2.75) is 32.1 Å². The van der Waals surface area contributed by atoms with E-state index >= 15 is 0 Å². The summed E-state index contributed by atoms with van der Waals surface area (Å²) in [5.41, 5.74) is 2.80. The van der Waals surface area contributed by atoms with Crippen LogP contribution in [0.5, 0.6) is 11.5 Å². The summed E-state index contributed by atoms with van der Waals surface area (Å²) in [6, 6.07) is 16.8. The molecule has 0 N–H and O–H groups in total. The Balaban J connectivity index is 1.48. The van der Waals surface area contributed by atoms with Crippen LogP contribution in [-0.4, -0.2) is 25.7 Å². The van der Waals surface area contributed by atoms with Gasteiger partial charge >= 0.3 is 0 Å². The van der Waals surface area contributed by atoms with Crippen molar-refractivity contribution in [3.8, 4) is 11.5 Å². The Morgan fingerprint density at radius 3 is 1.58 bits per heavy atom. The lowest BCUT2D eigenvalue weighted by Crippen LogP contribution is -1.91. The fraction of sp³-hybridized carbons (Fsp3) is 0.429. The first-order chi connectivity index (χ1) is 11.8. The first-order valence-corrected chi connectivity index (χ1v) is 9.81. The summed E-state index contributed by atoms with van der Waals surface area (Å²) < 4.78 is 10.4. The van der Waals surface area contributed by atoms with E-state index in [0.717, 1.165) is 24.3 Å². The maximum absolute atomic E-state index is 5.18. The van der Waals surface area contributed by atoms with E-state index < -0.39 is 0 Å². The van der Waals surface area contributed by atoms with E-state index in [4.69, 9.17) is 9.47 Å². The van der Waals surface area contributed by atoms with Crippen LogP contribution in [-0.2, 0) is 12.8 Å². The van der Waals surface area contributed by atoms with Gasteiger partial charge in [0.05, 0.1) is 14.2 Å². The van der Waals surface area contributed by atoms with Gasteiger partial charge in [-0.2, -0.15) is 11.8 Å². The first kappa shape index (κ1) is 18.7. The number of ether oxygens (including phenoxy) is 2. The summed E-state index contributed by atoms with van der Waals surface area (Å²) in [6.45, 7) is 0. The highest BCUT2D eigenvalue weighted by molar-refractivity contribution is 7.99. The van der Waals surface area contributed by atoms with Crippen LogP contribution in [0, 0.1) is 0 Å². The molecule has 2 nitrogen and oxygen atoms in total. The number of hydrogen-bond acceptors (Lipinski definition) is 3. The largest absolute Gasteiger partial charge is 0.497 e. The summed E-state index contributed by atoms with van der Waals surface area (Å²) in [5, 5.41) is 0. The number of benzene rings is 2. The van der Waals surface area contributed by atoms with E-state index in [9.17, 15) is 0 Å². The van der Waals surface area contributed by atoms with Crippen molar-refractivity contribution in [1.82, 2.24) is 0 Å². The second-order valence-electron chi connectivity index (χ2n) is 5.87. The summed E-state index contributed by atoms with van der Waals surface area (Å²) in [6.07, 6.45) is 6.12. The lowest BCUT2D eigenvalue weighted by atomic mass is 10.1. The van der Waals surface area contributed by atoms with Gasteiger partial charge in [-0.15, -0.1) is 0 Å². The van der Waals surface area contributed by atoms with Gasteiger partial charge in [0.2, 0.25) is 0 Å². The van der Waals surface area contributed by atoms with E-state index in [1.54, 1.807) is 14.2 Å². The van der Waals surface area contributed by atoms with Crippen LogP contribution in [0.2, 0.25) is 0 Å². The van der Waals surface area contributed by atoms with Gasteiger partial charge in [-0.3, -0.25) is 0 Å². The highest BCUT2D eigenvalue weighted by Crippen LogP contribution is 2.16. The molecule has 0 aliphatic heterocycles. The molecular formula is C21H28O2S. The van der Waals surface area contributed by atoms with Crippen LogP contribution < -0.4 is 9.47 Å². The molecule has 2 aromatic rings. The number of aryl methyl sites for hydroxylation is 2. The van der Waals surface area contributed by atoms with Crippen LogP contribution in [0.25, 0.3) is 0 Å². The minimum Gasteiger partial charge on any atom is -0.497 e. The smallest absolute Gasteiger partial charge is 0.118 e. The average molecular weight is 345 g/mol. The number of methoxy groups -OCH3 is 2. The molecule has 0 saturated carbocycles. The van der Waals surface area contributed by atoms with Crippen molar-refractivity contribution < 1.29 is 9.47 Å². The van der Waals surface area contributed by atoms with Crippen molar-refractivity contribution in [2.75, 3.05) is 25.7 Å². The predicted molar refractivity (Wildman–Crippen MR) is 105 cm³/mol. The van der Waals surface area contributed by atoms with Crippen molar-refractivity contribution in [1.29, 1.82) is 0 Å². The normalized spacial score (nSPS) is 10.6. The summed E-state index contributed by atoms with van der Waals surface area (Å²) in [4.78, 5) is 0. The van der Waals surface area contributed by atoms with E-state index in [1.165, 1.54) is 41.9 Å². The molecule has 0 fully saturated rings. The van der Waals surface area contributed by atoms with Gasteiger partial charge in [-0.05, 0) is 79.0 Å².